The van der Waals surface area contributed by atoms with Gasteiger partial charge in [0, 0.05) is 150 Å². The molecule has 21 heteroatoms. The summed E-state index contributed by atoms with van der Waals surface area (Å²) in [5.41, 5.74) is 12.1. The van der Waals surface area contributed by atoms with Crippen molar-refractivity contribution >= 4 is 50.1 Å². The van der Waals surface area contributed by atoms with Gasteiger partial charge in [0.05, 0.1) is 94.0 Å². The van der Waals surface area contributed by atoms with Crippen LogP contribution in [0.1, 0.15) is 160 Å². The normalized spacial score (nSPS) is 24.3. The number of fused-ring (bicyclic) bond motifs is 4. The van der Waals surface area contributed by atoms with E-state index < -0.39 is 0 Å². The topological polar surface area (TPSA) is 214 Å². The largest absolute Gasteiger partial charge is 0.490 e. The van der Waals surface area contributed by atoms with Gasteiger partial charge in [-0.15, -0.1) is 0 Å². The van der Waals surface area contributed by atoms with Crippen LogP contribution in [0, 0.1) is 44.4 Å². The number of rotatable bonds is 16. The standard InChI is InChI=1S/C26H32N4O4.C26H34N4O3.C23H28N4O2/c1-15-25-21(28-29(15)3)10-18(11-24(25)34-16(2)17-6-7-20(31)9-17)19-12-27-30(13-19)22-14-33-23-5-4-8-32-26(22)23;1-16-25-23(28-29(16)5)11-19(12-24(25)33-17(2)18-6-7-22(31)10-18)20-14-27-30(15-20)21-8-9-32-26(3,4)13-21;1-14-23-21(25-26(14)3)9-18(19-11-24-27(13-19)12-16-4-5-16)10-22(23)29-15(2)17-6-7-20(28)8-17/h10-13,16-17,22-23,26H,4-9,14H2,1-3H3;11-12,14-15,17-18,21H,6-10,13H2,1-5H3;9-11,13,15-17H,4-8,12H2,1-3H3/t16-,17-,22+,23-,26-;17-,18-,21-;15-,17+/m111/s1. The molecule has 9 aromatic rings. The minimum Gasteiger partial charge on any atom is -0.490 e. The van der Waals surface area contributed by atoms with E-state index >= 15 is 0 Å². The maximum Gasteiger partial charge on any atom is 0.133 e. The van der Waals surface area contributed by atoms with Crippen LogP contribution in [0.4, 0.5) is 0 Å². The average molecular weight is 1310 g/mol. The van der Waals surface area contributed by atoms with Crippen molar-refractivity contribution < 1.29 is 42.8 Å². The molecule has 4 saturated carbocycles. The van der Waals surface area contributed by atoms with E-state index in [2.05, 4.69) is 125 Å². The Bertz CT molecular complexity index is 4370. The second-order valence-electron chi connectivity index (χ2n) is 29.3. The zero-order chi connectivity index (χ0) is 66.8. The Morgan fingerprint density at radius 1 is 0.531 bits per heavy atom. The van der Waals surface area contributed by atoms with Crippen molar-refractivity contribution in [1.82, 2.24) is 58.7 Å². The number of carbonyl (C=O) groups excluding carboxylic acids is 3. The second kappa shape index (κ2) is 26.8. The summed E-state index contributed by atoms with van der Waals surface area (Å²) in [6.07, 6.45) is 25.5. The fourth-order valence-electron chi connectivity index (χ4n) is 15.5. The summed E-state index contributed by atoms with van der Waals surface area (Å²) in [7, 11) is 5.88. The minimum atomic E-state index is -0.127. The van der Waals surface area contributed by atoms with Crippen molar-refractivity contribution in [3.05, 3.63) is 90.7 Å². The third-order valence-corrected chi connectivity index (χ3v) is 21.9. The van der Waals surface area contributed by atoms with Crippen LogP contribution in [0.15, 0.2) is 73.6 Å². The Morgan fingerprint density at radius 2 is 0.979 bits per heavy atom. The third kappa shape index (κ3) is 13.7. The molecule has 3 aliphatic heterocycles. The van der Waals surface area contributed by atoms with Gasteiger partial charge in [-0.3, -0.25) is 42.5 Å². The summed E-state index contributed by atoms with van der Waals surface area (Å²) in [5, 5.41) is 31.2. The van der Waals surface area contributed by atoms with Crippen LogP contribution >= 0.6 is 0 Å². The summed E-state index contributed by atoms with van der Waals surface area (Å²) in [6.45, 7) is 19.9. The molecule has 0 radical (unpaired) electrons. The molecule has 3 saturated heterocycles. The van der Waals surface area contributed by atoms with Crippen molar-refractivity contribution in [2.45, 2.75) is 206 Å². The fourth-order valence-corrected chi connectivity index (χ4v) is 15.5. The van der Waals surface area contributed by atoms with E-state index in [4.69, 9.17) is 48.8 Å². The van der Waals surface area contributed by atoms with Crippen LogP contribution in [0.5, 0.6) is 17.2 Å². The first-order chi connectivity index (χ1) is 46.1. The number of benzene rings is 3. The Labute approximate surface area is 561 Å². The van der Waals surface area contributed by atoms with Crippen LogP contribution in [-0.2, 0) is 56.3 Å². The maximum absolute atomic E-state index is 11.8. The van der Waals surface area contributed by atoms with Gasteiger partial charge in [-0.2, -0.15) is 30.6 Å². The highest BCUT2D eigenvalue weighted by Gasteiger charge is 2.42. The Morgan fingerprint density at radius 3 is 1.43 bits per heavy atom. The van der Waals surface area contributed by atoms with Gasteiger partial charge >= 0.3 is 0 Å². The predicted octanol–water partition coefficient (Wildman–Crippen LogP) is 13.3. The SMILES string of the molecule is Cc1c2c(O[C@H](C)[C@@H]3CCC(=O)C3)cc(-c3cnn([C@@H]4CCOC(C)(C)C4)c3)cc2nn1C.Cc1c2c(O[C@H](C)[C@@H]3CCC(=O)C3)cc(-c3cnn([C@H]4CO[C@@H]5CCCO[C@@H]54)c3)cc2nn1C.Cc1c2c(O[C@H](C)[C@H]3CCC(=O)C3)cc(-c3cnn(CC4CC4)c3)cc2nn1C. The van der Waals surface area contributed by atoms with Gasteiger partial charge in [-0.1, -0.05) is 0 Å². The first kappa shape index (κ1) is 65.3. The van der Waals surface area contributed by atoms with E-state index in [9.17, 15) is 14.4 Å². The van der Waals surface area contributed by atoms with Crippen LogP contribution in [0.3, 0.4) is 0 Å². The number of ketones is 3. The molecular weight excluding hydrogens is 1210 g/mol. The monoisotopic (exact) mass is 1310 g/mol. The van der Waals surface area contributed by atoms with E-state index in [0.717, 1.165) is 171 Å². The number of ether oxygens (including phenoxy) is 6. The highest BCUT2D eigenvalue weighted by atomic mass is 16.6. The third-order valence-electron chi connectivity index (χ3n) is 21.9. The molecule has 4 aliphatic carbocycles. The number of hydrogen-bond acceptors (Lipinski definition) is 15. The summed E-state index contributed by atoms with van der Waals surface area (Å²) < 4.78 is 49.2. The molecule has 96 heavy (non-hydrogen) atoms. The van der Waals surface area contributed by atoms with E-state index in [0.29, 0.717) is 74.4 Å². The molecule has 3 aromatic carbocycles. The van der Waals surface area contributed by atoms with E-state index in [-0.39, 0.29) is 54.0 Å². The molecule has 16 rings (SSSR count). The molecule has 0 N–H and O–H groups in total. The highest BCUT2D eigenvalue weighted by Crippen LogP contribution is 2.43. The molecule has 508 valence electrons. The maximum atomic E-state index is 11.8. The van der Waals surface area contributed by atoms with Crippen LogP contribution < -0.4 is 14.2 Å². The van der Waals surface area contributed by atoms with Gasteiger partial charge < -0.3 is 28.4 Å². The van der Waals surface area contributed by atoms with Crippen molar-refractivity contribution in [1.29, 1.82) is 0 Å². The number of hydrogen-bond donors (Lipinski definition) is 0. The second-order valence-corrected chi connectivity index (χ2v) is 29.3. The van der Waals surface area contributed by atoms with Gasteiger partial charge in [0.2, 0.25) is 0 Å². The smallest absolute Gasteiger partial charge is 0.133 e. The lowest BCUT2D eigenvalue weighted by atomic mass is 9.94. The molecular formula is C75H94N12O9. The number of nitrogens with zero attached hydrogens (tertiary/aromatic N) is 12. The van der Waals surface area contributed by atoms with Gasteiger partial charge in [-0.25, -0.2) is 0 Å². The molecule has 7 aliphatic rings. The minimum absolute atomic E-state index is 0.00269. The first-order valence-electron chi connectivity index (χ1n) is 35.1. The zero-order valence-electron chi connectivity index (χ0n) is 57.8. The van der Waals surface area contributed by atoms with Crippen molar-refractivity contribution in [3.63, 3.8) is 0 Å². The first-order valence-corrected chi connectivity index (χ1v) is 35.1. The highest BCUT2D eigenvalue weighted by molar-refractivity contribution is 5.94. The Kier molecular flexibility index (Phi) is 18.2. The fraction of sp³-hybridized carbons (Fsp3) is 0.560. The number of Topliss-reactive ketones (excluding diaryl/α,β-unsaturated/α-hetero) is 3. The quantitative estimate of drug-likeness (QED) is 0.0880. The predicted molar refractivity (Wildman–Crippen MR) is 366 cm³/mol. The van der Waals surface area contributed by atoms with Gasteiger partial charge in [-0.05, 0) is 172 Å². The van der Waals surface area contributed by atoms with Gasteiger partial charge in [0.25, 0.3) is 0 Å². The Hall–Kier alpha value is -8.01. The van der Waals surface area contributed by atoms with Crippen molar-refractivity contribution in [2.75, 3.05) is 19.8 Å². The van der Waals surface area contributed by atoms with Gasteiger partial charge in [0.15, 0.2) is 0 Å². The molecule has 6 aromatic heterocycles. The molecule has 7 fully saturated rings. The summed E-state index contributed by atoms with van der Waals surface area (Å²) in [5.74, 6) is 5.15. The van der Waals surface area contributed by atoms with E-state index in [1.54, 1.807) is 0 Å². The summed E-state index contributed by atoms with van der Waals surface area (Å²) in [6, 6.07) is 13.1. The lowest BCUT2D eigenvalue weighted by Gasteiger charge is -2.35. The summed E-state index contributed by atoms with van der Waals surface area (Å²) >= 11 is 0. The van der Waals surface area contributed by atoms with E-state index in [1.807, 2.05) is 63.1 Å². The summed E-state index contributed by atoms with van der Waals surface area (Å²) in [4.78, 5) is 35.4. The molecule has 9 heterocycles. The molecule has 0 amide bonds. The van der Waals surface area contributed by atoms with Crippen molar-refractivity contribution in [3.8, 4) is 50.6 Å². The molecule has 21 nitrogen and oxygen atoms in total. The number of aromatic nitrogens is 12. The zero-order valence-corrected chi connectivity index (χ0v) is 57.8. The lowest BCUT2D eigenvalue weighted by molar-refractivity contribution is -0.118. The number of carbonyl (C=O) groups is 3. The van der Waals surface area contributed by atoms with Gasteiger partial charge in [0.1, 0.15) is 46.7 Å². The van der Waals surface area contributed by atoms with Crippen LogP contribution in [0.2, 0.25) is 0 Å². The molecule has 0 unspecified atom stereocenters. The number of aryl methyl sites for hydroxylation is 6. The molecule has 0 spiro atoms. The Balaban J connectivity index is 0.000000124. The molecule has 0 bridgehead atoms. The van der Waals surface area contributed by atoms with Crippen molar-refractivity contribution in [2.24, 2.45) is 44.8 Å². The van der Waals surface area contributed by atoms with E-state index in [1.165, 1.54) is 12.8 Å². The molecule has 10 atom stereocenters. The van der Waals surface area contributed by atoms with Crippen LogP contribution in [-0.4, -0.2) is 132 Å². The van der Waals surface area contributed by atoms with Crippen LogP contribution in [0.25, 0.3) is 66.1 Å². The average Bonchev–Trinajstić information content (AvgIpc) is 1.62. The lowest BCUT2D eigenvalue weighted by Crippen LogP contribution is -2.35.